The third-order valence-corrected chi connectivity index (χ3v) is 3.68. The Morgan fingerprint density at radius 3 is 2.55 bits per heavy atom. The van der Waals surface area contributed by atoms with Crippen LogP contribution in [0.2, 0.25) is 0 Å². The summed E-state index contributed by atoms with van der Waals surface area (Å²) < 4.78 is 13.1. The molecule has 1 rings (SSSR count). The van der Waals surface area contributed by atoms with Crippen LogP contribution in [0.3, 0.4) is 0 Å². The zero-order valence-electron chi connectivity index (χ0n) is 13.0. The molecule has 1 aromatic rings. The largest absolute Gasteiger partial charge is 0.508 e. The molecule has 0 aromatic heterocycles. The Morgan fingerprint density at radius 1 is 1.40 bits per heavy atom. The number of halogens is 1. The lowest BCUT2D eigenvalue weighted by atomic mass is 9.91. The summed E-state index contributed by atoms with van der Waals surface area (Å²) in [7, 11) is 0. The van der Waals surface area contributed by atoms with Gasteiger partial charge in [-0.05, 0) is 37.9 Å². The first kappa shape index (κ1) is 16.9. The van der Waals surface area contributed by atoms with Crippen molar-refractivity contribution in [2.24, 2.45) is 11.1 Å². The maximum Gasteiger partial charge on any atom is 0.126 e. The monoisotopic (exact) mass is 282 g/mol. The quantitative estimate of drug-likeness (QED) is 0.807. The highest BCUT2D eigenvalue weighted by Gasteiger charge is 2.25. The van der Waals surface area contributed by atoms with Crippen LogP contribution >= 0.6 is 0 Å². The summed E-state index contributed by atoms with van der Waals surface area (Å²) in [5.74, 6) is -0.396. The summed E-state index contributed by atoms with van der Waals surface area (Å²) in [6, 6.07) is 4.25. The third-order valence-electron chi connectivity index (χ3n) is 3.68. The van der Waals surface area contributed by atoms with Gasteiger partial charge in [0.05, 0.1) is 0 Å². The minimum absolute atomic E-state index is 0.0130. The Bertz CT molecular complexity index is 434. The van der Waals surface area contributed by atoms with Gasteiger partial charge in [-0.1, -0.05) is 26.8 Å². The van der Waals surface area contributed by atoms with Gasteiger partial charge in [0, 0.05) is 24.2 Å². The van der Waals surface area contributed by atoms with Crippen LogP contribution in [0, 0.1) is 11.2 Å². The van der Waals surface area contributed by atoms with Gasteiger partial charge in [-0.25, -0.2) is 4.39 Å². The van der Waals surface area contributed by atoms with Crippen LogP contribution in [-0.2, 0) is 0 Å². The first-order valence-electron chi connectivity index (χ1n) is 7.23. The van der Waals surface area contributed by atoms with Gasteiger partial charge in [0.15, 0.2) is 0 Å². The molecule has 0 fully saturated rings. The van der Waals surface area contributed by atoms with Gasteiger partial charge in [-0.15, -0.1) is 0 Å². The van der Waals surface area contributed by atoms with Crippen LogP contribution < -0.4 is 5.73 Å². The van der Waals surface area contributed by atoms with E-state index in [0.29, 0.717) is 6.54 Å². The normalized spacial score (nSPS) is 13.8. The second-order valence-corrected chi connectivity index (χ2v) is 6.22. The molecule has 1 unspecified atom stereocenters. The third kappa shape index (κ3) is 4.46. The first-order valence-corrected chi connectivity index (χ1v) is 7.23. The highest BCUT2D eigenvalue weighted by molar-refractivity contribution is 5.35. The second-order valence-electron chi connectivity index (χ2n) is 6.22. The Labute approximate surface area is 121 Å². The Balaban J connectivity index is 2.95. The zero-order chi connectivity index (χ0) is 15.3. The average Bonchev–Trinajstić information content (AvgIpc) is 2.37. The van der Waals surface area contributed by atoms with E-state index in [9.17, 15) is 9.50 Å². The van der Waals surface area contributed by atoms with Gasteiger partial charge < -0.3 is 10.8 Å². The number of benzene rings is 1. The van der Waals surface area contributed by atoms with Crippen molar-refractivity contribution in [3.63, 3.8) is 0 Å². The molecule has 0 saturated carbocycles. The van der Waals surface area contributed by atoms with Gasteiger partial charge >= 0.3 is 0 Å². The lowest BCUT2D eigenvalue weighted by Gasteiger charge is -2.36. The molecule has 0 aliphatic heterocycles. The molecular weight excluding hydrogens is 255 g/mol. The maximum absolute atomic E-state index is 13.1. The molecule has 4 heteroatoms. The van der Waals surface area contributed by atoms with Gasteiger partial charge in [0.1, 0.15) is 11.6 Å². The smallest absolute Gasteiger partial charge is 0.126 e. The van der Waals surface area contributed by atoms with Crippen molar-refractivity contribution >= 4 is 0 Å². The molecule has 0 heterocycles. The number of phenolic OH excluding ortho intramolecular Hbond substituents is 1. The summed E-state index contributed by atoms with van der Waals surface area (Å²) in [5.41, 5.74) is 6.58. The van der Waals surface area contributed by atoms with E-state index < -0.39 is 5.82 Å². The zero-order valence-corrected chi connectivity index (χ0v) is 13.0. The summed E-state index contributed by atoms with van der Waals surface area (Å²) in [4.78, 5) is 2.29. The standard InChI is InChI=1S/C16H27FN2O/c1-5-8-19(11-16(3,4)10-18)12(2)14-7-6-13(17)9-15(14)20/h6-7,9,12,20H,5,8,10-11,18H2,1-4H3. The second kappa shape index (κ2) is 7.04. The SMILES string of the molecule is CCCN(CC(C)(C)CN)C(C)c1ccc(F)cc1O. The number of hydrogen-bond acceptors (Lipinski definition) is 3. The van der Waals surface area contributed by atoms with E-state index in [-0.39, 0.29) is 17.2 Å². The molecule has 0 aliphatic carbocycles. The van der Waals surface area contributed by atoms with Gasteiger partial charge in [0.2, 0.25) is 0 Å². The van der Waals surface area contributed by atoms with Crippen LogP contribution in [-0.4, -0.2) is 29.6 Å². The lowest BCUT2D eigenvalue weighted by molar-refractivity contribution is 0.139. The summed E-state index contributed by atoms with van der Waals surface area (Å²) in [6.07, 6.45) is 1.02. The maximum atomic E-state index is 13.1. The topological polar surface area (TPSA) is 49.5 Å². The van der Waals surface area contributed by atoms with Gasteiger partial charge in [-0.2, -0.15) is 0 Å². The fraction of sp³-hybridized carbons (Fsp3) is 0.625. The predicted molar refractivity (Wildman–Crippen MR) is 81.2 cm³/mol. The molecular formula is C16H27FN2O. The molecule has 0 bridgehead atoms. The van der Waals surface area contributed by atoms with Crippen molar-refractivity contribution in [1.29, 1.82) is 0 Å². The van der Waals surface area contributed by atoms with E-state index in [1.165, 1.54) is 12.1 Å². The highest BCUT2D eigenvalue weighted by Crippen LogP contribution is 2.31. The fourth-order valence-electron chi connectivity index (χ4n) is 2.38. The van der Waals surface area contributed by atoms with Gasteiger partial charge in [-0.3, -0.25) is 4.90 Å². The number of hydrogen-bond donors (Lipinski definition) is 2. The van der Waals surface area contributed by atoms with Crippen LogP contribution in [0.15, 0.2) is 18.2 Å². The number of rotatable bonds is 7. The van der Waals surface area contributed by atoms with Crippen LogP contribution in [0.4, 0.5) is 4.39 Å². The van der Waals surface area contributed by atoms with Gasteiger partial charge in [0.25, 0.3) is 0 Å². The van der Waals surface area contributed by atoms with E-state index in [1.54, 1.807) is 6.07 Å². The van der Waals surface area contributed by atoms with Crippen molar-refractivity contribution in [1.82, 2.24) is 4.90 Å². The lowest BCUT2D eigenvalue weighted by Crippen LogP contribution is -2.40. The average molecular weight is 282 g/mol. The summed E-state index contributed by atoms with van der Waals surface area (Å²) in [6.45, 7) is 10.8. The summed E-state index contributed by atoms with van der Waals surface area (Å²) in [5, 5.41) is 9.94. The van der Waals surface area contributed by atoms with Crippen molar-refractivity contribution in [3.8, 4) is 5.75 Å². The Kier molecular flexibility index (Phi) is 5.96. The Hall–Kier alpha value is -1.13. The van der Waals surface area contributed by atoms with Crippen LogP contribution in [0.5, 0.6) is 5.75 Å². The molecule has 0 aliphatic rings. The van der Waals surface area contributed by atoms with E-state index in [2.05, 4.69) is 25.7 Å². The first-order chi connectivity index (χ1) is 9.30. The van der Waals surface area contributed by atoms with E-state index in [4.69, 9.17) is 5.73 Å². The van der Waals surface area contributed by atoms with Crippen molar-refractivity contribution in [2.45, 2.75) is 40.2 Å². The summed E-state index contributed by atoms with van der Waals surface area (Å²) >= 11 is 0. The molecule has 0 amide bonds. The fourth-order valence-corrected chi connectivity index (χ4v) is 2.38. The van der Waals surface area contributed by atoms with Crippen molar-refractivity contribution in [3.05, 3.63) is 29.6 Å². The number of aromatic hydroxyl groups is 1. The molecule has 1 aromatic carbocycles. The molecule has 0 radical (unpaired) electrons. The molecule has 3 N–H and O–H groups in total. The van der Waals surface area contributed by atoms with Crippen LogP contribution in [0.1, 0.15) is 45.7 Å². The van der Waals surface area contributed by atoms with Crippen molar-refractivity contribution < 1.29 is 9.50 Å². The molecule has 114 valence electrons. The van der Waals surface area contributed by atoms with E-state index in [1.807, 2.05) is 6.92 Å². The molecule has 0 spiro atoms. The number of phenols is 1. The molecule has 3 nitrogen and oxygen atoms in total. The number of nitrogens with zero attached hydrogens (tertiary/aromatic N) is 1. The predicted octanol–water partition coefficient (Wildman–Crippen LogP) is 3.29. The minimum Gasteiger partial charge on any atom is -0.508 e. The Morgan fingerprint density at radius 2 is 2.05 bits per heavy atom. The highest BCUT2D eigenvalue weighted by atomic mass is 19.1. The number of nitrogens with two attached hydrogens (primary N) is 1. The van der Waals surface area contributed by atoms with E-state index in [0.717, 1.165) is 25.1 Å². The van der Waals surface area contributed by atoms with E-state index >= 15 is 0 Å². The van der Waals surface area contributed by atoms with Crippen LogP contribution in [0.25, 0.3) is 0 Å². The van der Waals surface area contributed by atoms with Crippen molar-refractivity contribution in [2.75, 3.05) is 19.6 Å². The molecule has 0 saturated heterocycles. The molecule has 20 heavy (non-hydrogen) atoms. The minimum atomic E-state index is -0.414. The molecule has 1 atom stereocenters.